The summed E-state index contributed by atoms with van der Waals surface area (Å²) in [5.74, 6) is 0.287. The molecule has 1 aromatic heterocycles. The predicted molar refractivity (Wildman–Crippen MR) is 66.8 cm³/mol. The van der Waals surface area contributed by atoms with E-state index in [1.54, 1.807) is 13.0 Å². The van der Waals surface area contributed by atoms with Crippen molar-refractivity contribution < 1.29 is 19.3 Å². The quantitative estimate of drug-likeness (QED) is 0.717. The Kier molecular flexibility index (Phi) is 3.97. The van der Waals surface area contributed by atoms with Gasteiger partial charge in [0.2, 0.25) is 0 Å². The van der Waals surface area contributed by atoms with Gasteiger partial charge in [0.25, 0.3) is 5.82 Å². The van der Waals surface area contributed by atoms with E-state index in [4.69, 9.17) is 9.47 Å². The van der Waals surface area contributed by atoms with Gasteiger partial charge in [-0.25, -0.2) is 9.78 Å². The number of nitrogens with one attached hydrogen (secondary N) is 1. The first-order valence-corrected chi connectivity index (χ1v) is 6.05. The number of hydrogen-bond acceptors (Lipinski definition) is 5. The number of rotatable bonds is 2. The van der Waals surface area contributed by atoms with Crippen molar-refractivity contribution in [2.45, 2.75) is 6.92 Å². The first-order chi connectivity index (χ1) is 9.17. The van der Waals surface area contributed by atoms with Gasteiger partial charge in [0.05, 0.1) is 20.3 Å². The molecule has 1 saturated heterocycles. The number of morpholine rings is 1. The topological polar surface area (TPSA) is 76.7 Å². The molecule has 2 rings (SSSR count). The van der Waals surface area contributed by atoms with Gasteiger partial charge in [0.15, 0.2) is 0 Å². The zero-order chi connectivity index (χ0) is 13.8. The highest BCUT2D eigenvalue weighted by Gasteiger charge is 2.26. The van der Waals surface area contributed by atoms with E-state index in [0.29, 0.717) is 30.0 Å². The van der Waals surface area contributed by atoms with Crippen LogP contribution in [0.3, 0.4) is 0 Å². The number of nitriles is 1. The zero-order valence-corrected chi connectivity index (χ0v) is 11.0. The van der Waals surface area contributed by atoms with Crippen LogP contribution >= 0.6 is 0 Å². The van der Waals surface area contributed by atoms with Crippen molar-refractivity contribution in [1.29, 1.82) is 5.26 Å². The Labute approximate surface area is 111 Å². The van der Waals surface area contributed by atoms with Crippen molar-refractivity contribution in [3.8, 4) is 6.07 Å². The number of pyridine rings is 1. The Morgan fingerprint density at radius 2 is 2.21 bits per heavy atom. The molecule has 0 bridgehead atoms. The zero-order valence-electron chi connectivity index (χ0n) is 11.0. The van der Waals surface area contributed by atoms with Crippen molar-refractivity contribution in [3.63, 3.8) is 0 Å². The minimum atomic E-state index is -0.446. The summed E-state index contributed by atoms with van der Waals surface area (Å²) >= 11 is 0. The lowest BCUT2D eigenvalue weighted by atomic mass is 10.1. The largest absolute Gasteiger partial charge is 0.465 e. The first-order valence-electron chi connectivity index (χ1n) is 6.05. The molecule has 0 unspecified atom stereocenters. The number of aromatic amines is 1. The van der Waals surface area contributed by atoms with E-state index >= 15 is 0 Å². The van der Waals surface area contributed by atoms with Gasteiger partial charge in [0, 0.05) is 0 Å². The maximum absolute atomic E-state index is 11.6. The van der Waals surface area contributed by atoms with Crippen LogP contribution in [0.2, 0.25) is 0 Å². The summed E-state index contributed by atoms with van der Waals surface area (Å²) in [5.41, 5.74) is 1.51. The Morgan fingerprint density at radius 3 is 2.79 bits per heavy atom. The summed E-state index contributed by atoms with van der Waals surface area (Å²) in [6, 6.07) is 3.69. The average Bonchev–Trinajstić information content (AvgIpc) is 2.47. The lowest BCUT2D eigenvalue weighted by molar-refractivity contribution is -0.374. The Morgan fingerprint density at radius 1 is 1.53 bits per heavy atom. The SMILES string of the molecule is COC(=O)c1cc(C#N)c(N2CCOCC2)[nH+]c1C. The fourth-order valence-electron chi connectivity index (χ4n) is 2.08. The number of carbonyl (C=O) groups is 1. The Bertz CT molecular complexity index is 531. The lowest BCUT2D eigenvalue weighted by Crippen LogP contribution is -2.40. The van der Waals surface area contributed by atoms with E-state index in [0.717, 1.165) is 18.9 Å². The highest BCUT2D eigenvalue weighted by Crippen LogP contribution is 2.18. The average molecular weight is 262 g/mol. The molecule has 0 saturated carbocycles. The number of aryl methyl sites for hydroxylation is 1. The van der Waals surface area contributed by atoms with E-state index in [9.17, 15) is 10.1 Å². The van der Waals surface area contributed by atoms with Gasteiger partial charge < -0.3 is 9.47 Å². The molecule has 6 heteroatoms. The van der Waals surface area contributed by atoms with Gasteiger partial charge in [-0.3, -0.25) is 4.90 Å². The molecule has 1 N–H and O–H groups in total. The van der Waals surface area contributed by atoms with Gasteiger partial charge in [-0.15, -0.1) is 0 Å². The lowest BCUT2D eigenvalue weighted by Gasteiger charge is -2.22. The molecule has 0 atom stereocenters. The smallest absolute Gasteiger partial charge is 0.341 e. The minimum absolute atomic E-state index is 0.385. The van der Waals surface area contributed by atoms with Crippen LogP contribution in [0, 0.1) is 18.3 Å². The maximum atomic E-state index is 11.6. The van der Waals surface area contributed by atoms with Crippen LogP contribution in [0.5, 0.6) is 0 Å². The number of H-pyrrole nitrogens is 1. The second kappa shape index (κ2) is 5.67. The molecule has 0 spiro atoms. The molecule has 0 aromatic carbocycles. The van der Waals surface area contributed by atoms with Crippen molar-refractivity contribution in [1.82, 2.24) is 0 Å². The molecule has 1 aliphatic rings. The summed E-state index contributed by atoms with van der Waals surface area (Å²) in [6.45, 7) is 4.51. The molecule has 100 valence electrons. The normalized spacial score (nSPS) is 14.9. The van der Waals surface area contributed by atoms with E-state index in [-0.39, 0.29) is 0 Å². The summed E-state index contributed by atoms with van der Waals surface area (Å²) in [5, 5.41) is 9.24. The molecule has 1 aromatic rings. The monoisotopic (exact) mass is 262 g/mol. The van der Waals surface area contributed by atoms with E-state index in [1.807, 2.05) is 0 Å². The fraction of sp³-hybridized carbons (Fsp3) is 0.462. The first kappa shape index (κ1) is 13.3. The van der Waals surface area contributed by atoms with Crippen LogP contribution in [0.15, 0.2) is 6.07 Å². The van der Waals surface area contributed by atoms with Gasteiger partial charge in [-0.05, 0) is 13.0 Å². The number of aromatic nitrogens is 1. The number of methoxy groups -OCH3 is 1. The molecule has 1 fully saturated rings. The van der Waals surface area contributed by atoms with Crippen LogP contribution in [0.25, 0.3) is 0 Å². The Hall–Kier alpha value is -2.13. The standard InChI is InChI=1S/C13H15N3O3/c1-9-11(13(17)18-2)7-10(8-14)12(15-9)16-3-5-19-6-4-16/h7H,3-6H2,1-2H3/p+1. The van der Waals surface area contributed by atoms with Crippen LogP contribution in [0.1, 0.15) is 21.6 Å². The number of ether oxygens (including phenoxy) is 2. The highest BCUT2D eigenvalue weighted by molar-refractivity contribution is 5.90. The third kappa shape index (κ3) is 2.66. The summed E-state index contributed by atoms with van der Waals surface area (Å²) < 4.78 is 9.99. The summed E-state index contributed by atoms with van der Waals surface area (Å²) in [6.07, 6.45) is 0. The van der Waals surface area contributed by atoms with Gasteiger partial charge in [-0.2, -0.15) is 5.26 Å². The van der Waals surface area contributed by atoms with Crippen molar-refractivity contribution >= 4 is 11.8 Å². The minimum Gasteiger partial charge on any atom is -0.465 e. The van der Waals surface area contributed by atoms with Crippen molar-refractivity contribution in [3.05, 3.63) is 22.9 Å². The third-order valence-electron chi connectivity index (χ3n) is 3.11. The van der Waals surface area contributed by atoms with Crippen molar-refractivity contribution in [2.24, 2.45) is 0 Å². The number of carbonyl (C=O) groups excluding carboxylic acids is 1. The fourth-order valence-corrected chi connectivity index (χ4v) is 2.08. The van der Waals surface area contributed by atoms with Gasteiger partial charge >= 0.3 is 5.97 Å². The predicted octanol–water partition coefficient (Wildman–Crippen LogP) is 0.304. The number of nitrogens with zero attached hydrogens (tertiary/aromatic N) is 2. The third-order valence-corrected chi connectivity index (χ3v) is 3.11. The van der Waals surface area contributed by atoms with Crippen LogP contribution in [0.4, 0.5) is 5.82 Å². The molecule has 1 aliphatic heterocycles. The summed E-state index contributed by atoms with van der Waals surface area (Å²) in [4.78, 5) is 16.8. The number of anilines is 1. The molecule has 0 aliphatic carbocycles. The molecule has 19 heavy (non-hydrogen) atoms. The summed E-state index contributed by atoms with van der Waals surface area (Å²) in [7, 11) is 1.32. The maximum Gasteiger partial charge on any atom is 0.341 e. The number of hydrogen-bond donors (Lipinski definition) is 0. The molecule has 2 heterocycles. The van der Waals surface area contributed by atoms with E-state index < -0.39 is 5.97 Å². The molecule has 6 nitrogen and oxygen atoms in total. The second-order valence-electron chi connectivity index (χ2n) is 4.27. The number of esters is 1. The Balaban J connectivity index is 2.42. The molecule has 0 radical (unpaired) electrons. The molecular weight excluding hydrogens is 246 g/mol. The van der Waals surface area contributed by atoms with Crippen LogP contribution in [-0.4, -0.2) is 39.4 Å². The van der Waals surface area contributed by atoms with Crippen molar-refractivity contribution in [2.75, 3.05) is 38.3 Å². The molecular formula is C13H16N3O3+. The highest BCUT2D eigenvalue weighted by atomic mass is 16.5. The van der Waals surface area contributed by atoms with Crippen LogP contribution in [-0.2, 0) is 9.47 Å². The van der Waals surface area contributed by atoms with E-state index in [1.165, 1.54) is 7.11 Å². The van der Waals surface area contributed by atoms with Gasteiger partial charge in [-0.1, -0.05) is 0 Å². The second-order valence-corrected chi connectivity index (χ2v) is 4.27. The van der Waals surface area contributed by atoms with Gasteiger partial charge in [0.1, 0.15) is 36.0 Å². The molecule has 0 amide bonds. The van der Waals surface area contributed by atoms with Crippen LogP contribution < -0.4 is 9.88 Å². The van der Waals surface area contributed by atoms with E-state index in [2.05, 4.69) is 16.0 Å².